The highest BCUT2D eigenvalue weighted by atomic mass is 19.1. The van der Waals surface area contributed by atoms with Gasteiger partial charge in [-0.2, -0.15) is 5.26 Å². The number of hydrogen-bond donors (Lipinski definition) is 0. The summed E-state index contributed by atoms with van der Waals surface area (Å²) in [5.74, 6) is 0.408. The zero-order valence-electron chi connectivity index (χ0n) is 17.8. The number of halogens is 1. The number of rotatable bonds is 4. The molecular weight excluding hydrogens is 411 g/mol. The first-order valence-electron chi connectivity index (χ1n) is 10.7. The molecule has 1 aromatic heterocycles. The molecule has 2 heterocycles. The van der Waals surface area contributed by atoms with E-state index in [1.165, 1.54) is 6.07 Å². The second kappa shape index (κ2) is 7.83. The van der Waals surface area contributed by atoms with E-state index < -0.39 is 11.4 Å². The summed E-state index contributed by atoms with van der Waals surface area (Å²) in [7, 11) is 1.60. The van der Waals surface area contributed by atoms with Crippen LogP contribution < -0.4 is 9.64 Å². The number of carbonyl (C=O) groups excluding carboxylic acids is 1. The molecule has 0 N–H and O–H groups in total. The molecule has 2 aliphatic rings. The van der Waals surface area contributed by atoms with Crippen molar-refractivity contribution < 1.29 is 18.7 Å². The number of ether oxygens (including phenoxy) is 2. The number of methoxy groups -OCH3 is 1. The van der Waals surface area contributed by atoms with Crippen LogP contribution in [0.1, 0.15) is 31.2 Å². The third kappa shape index (κ3) is 3.54. The van der Waals surface area contributed by atoms with Crippen LogP contribution in [0.3, 0.4) is 0 Å². The smallest absolute Gasteiger partial charge is 0.415 e. The Balaban J connectivity index is 1.35. The largest absolute Gasteiger partial charge is 0.497 e. The number of fused-ring (bicyclic) bond motifs is 1. The van der Waals surface area contributed by atoms with Crippen LogP contribution in [0.4, 0.5) is 14.9 Å². The lowest BCUT2D eigenvalue weighted by molar-refractivity contribution is 0.00439. The topological polar surface area (TPSA) is 80.4 Å². The van der Waals surface area contributed by atoms with Crippen molar-refractivity contribution in [3.05, 3.63) is 54.1 Å². The molecule has 1 aliphatic carbocycles. The Hall–Kier alpha value is -3.60. The summed E-state index contributed by atoms with van der Waals surface area (Å²) >= 11 is 0. The van der Waals surface area contributed by atoms with Crippen LogP contribution in [0.2, 0.25) is 0 Å². The van der Waals surface area contributed by atoms with Crippen LogP contribution in [-0.2, 0) is 11.3 Å². The highest BCUT2D eigenvalue weighted by molar-refractivity contribution is 5.90. The molecule has 1 saturated heterocycles. The summed E-state index contributed by atoms with van der Waals surface area (Å²) in [6.45, 7) is 1.18. The van der Waals surface area contributed by atoms with Gasteiger partial charge in [-0.05, 0) is 49.8 Å². The van der Waals surface area contributed by atoms with Crippen LogP contribution >= 0.6 is 0 Å². The van der Waals surface area contributed by atoms with Crippen molar-refractivity contribution in [3.8, 4) is 11.8 Å². The van der Waals surface area contributed by atoms with Gasteiger partial charge in [-0.1, -0.05) is 6.07 Å². The van der Waals surface area contributed by atoms with Gasteiger partial charge in [0.2, 0.25) is 0 Å². The number of imidazole rings is 1. The Bertz CT molecular complexity index is 1230. The van der Waals surface area contributed by atoms with E-state index in [1.807, 2.05) is 34.9 Å². The van der Waals surface area contributed by atoms with Crippen LogP contribution in [0.5, 0.6) is 5.75 Å². The molecule has 2 atom stereocenters. The summed E-state index contributed by atoms with van der Waals surface area (Å²) in [4.78, 5) is 18.7. The Morgan fingerprint density at radius 3 is 3.06 bits per heavy atom. The average Bonchev–Trinajstić information content (AvgIpc) is 3.33. The van der Waals surface area contributed by atoms with Gasteiger partial charge in [-0.15, -0.1) is 0 Å². The van der Waals surface area contributed by atoms with Gasteiger partial charge in [-0.25, -0.2) is 14.2 Å². The van der Waals surface area contributed by atoms with Crippen LogP contribution in [0.25, 0.3) is 11.0 Å². The van der Waals surface area contributed by atoms with Crippen molar-refractivity contribution in [3.63, 3.8) is 0 Å². The maximum Gasteiger partial charge on any atom is 0.415 e. The maximum atomic E-state index is 13.9. The number of benzene rings is 2. The van der Waals surface area contributed by atoms with E-state index in [0.717, 1.165) is 36.9 Å². The van der Waals surface area contributed by atoms with Gasteiger partial charge in [-0.3, -0.25) is 4.90 Å². The monoisotopic (exact) mass is 434 g/mol. The molecule has 1 saturated carbocycles. The predicted molar refractivity (Wildman–Crippen MR) is 116 cm³/mol. The second-order valence-corrected chi connectivity index (χ2v) is 8.63. The minimum atomic E-state index is -0.558. The summed E-state index contributed by atoms with van der Waals surface area (Å²) < 4.78 is 27.1. The third-order valence-corrected chi connectivity index (χ3v) is 6.53. The van der Waals surface area contributed by atoms with Crippen LogP contribution in [0, 0.1) is 23.1 Å². The van der Waals surface area contributed by atoms with Gasteiger partial charge in [0.25, 0.3) is 0 Å². The Kier molecular flexibility index (Phi) is 4.97. The van der Waals surface area contributed by atoms with Crippen molar-refractivity contribution in [2.24, 2.45) is 5.92 Å². The normalized spacial score (nSPS) is 22.8. The number of hydrogen-bond acceptors (Lipinski definition) is 5. The first-order chi connectivity index (χ1) is 15.5. The highest BCUT2D eigenvalue weighted by Gasteiger charge is 2.48. The molecule has 2 aromatic carbocycles. The number of aromatic nitrogens is 2. The zero-order chi connectivity index (χ0) is 22.3. The molecule has 164 valence electrons. The van der Waals surface area contributed by atoms with Gasteiger partial charge in [0, 0.05) is 18.7 Å². The summed E-state index contributed by atoms with van der Waals surface area (Å²) in [5, 5.41) is 9.16. The number of nitriles is 1. The second-order valence-electron chi connectivity index (χ2n) is 8.63. The summed E-state index contributed by atoms with van der Waals surface area (Å²) in [6, 6.07) is 12.2. The number of anilines is 1. The number of carbonyl (C=O) groups is 1. The van der Waals surface area contributed by atoms with E-state index in [9.17, 15) is 9.18 Å². The quantitative estimate of drug-likeness (QED) is 0.598. The molecule has 0 radical (unpaired) electrons. The van der Waals surface area contributed by atoms with E-state index in [0.29, 0.717) is 24.4 Å². The van der Waals surface area contributed by atoms with Gasteiger partial charge < -0.3 is 14.0 Å². The fourth-order valence-corrected chi connectivity index (χ4v) is 5.02. The van der Waals surface area contributed by atoms with E-state index in [2.05, 4.69) is 4.98 Å². The van der Waals surface area contributed by atoms with Gasteiger partial charge in [0.05, 0.1) is 42.3 Å². The van der Waals surface area contributed by atoms with Crippen LogP contribution in [0.15, 0.2) is 42.7 Å². The minimum absolute atomic E-state index is 0.0121. The standard InChI is InChI=1S/C24H23FN4O3/c1-31-19-6-2-5-18(9-19)29-14-24(32-23(29)30)7-3-4-16(11-24)13-28-15-27-21-10-20(25)17(12-26)8-22(21)28/h2,5-6,8-10,15-16H,3-4,7,11,13-14H2,1H3/t16?,24-/m0/s1. The van der Waals surface area contributed by atoms with E-state index in [-0.39, 0.29) is 17.6 Å². The van der Waals surface area contributed by atoms with E-state index >= 15 is 0 Å². The highest BCUT2D eigenvalue weighted by Crippen LogP contribution is 2.42. The molecule has 5 rings (SSSR count). The molecule has 3 aromatic rings. The molecule has 1 aliphatic heterocycles. The first kappa shape index (κ1) is 20.3. The van der Waals surface area contributed by atoms with E-state index in [4.69, 9.17) is 14.7 Å². The van der Waals surface area contributed by atoms with Crippen molar-refractivity contribution in [2.75, 3.05) is 18.6 Å². The molecule has 32 heavy (non-hydrogen) atoms. The molecule has 1 amide bonds. The summed E-state index contributed by atoms with van der Waals surface area (Å²) in [6.07, 6.45) is 4.88. The Morgan fingerprint density at radius 1 is 1.38 bits per heavy atom. The van der Waals surface area contributed by atoms with Gasteiger partial charge >= 0.3 is 6.09 Å². The molecule has 2 fully saturated rings. The molecule has 1 spiro atoms. The van der Waals surface area contributed by atoms with Crippen molar-refractivity contribution >= 4 is 22.8 Å². The Labute approximate surface area is 185 Å². The number of nitrogens with zero attached hydrogens (tertiary/aromatic N) is 4. The predicted octanol–water partition coefficient (Wildman–Crippen LogP) is 4.64. The molecule has 0 bridgehead atoms. The molecule has 8 heteroatoms. The van der Waals surface area contributed by atoms with Gasteiger partial charge in [0.1, 0.15) is 23.2 Å². The average molecular weight is 434 g/mol. The SMILES string of the molecule is COc1cccc(N2C[C@@]3(CCCC(Cn4cnc5cc(F)c(C#N)cc54)C3)OC2=O)c1. The lowest BCUT2D eigenvalue weighted by Gasteiger charge is -2.36. The fraction of sp³-hybridized carbons (Fsp3) is 0.375. The van der Waals surface area contributed by atoms with Gasteiger partial charge in [0.15, 0.2) is 0 Å². The Morgan fingerprint density at radius 2 is 2.25 bits per heavy atom. The lowest BCUT2D eigenvalue weighted by atomic mass is 9.78. The third-order valence-electron chi connectivity index (χ3n) is 6.53. The molecule has 1 unspecified atom stereocenters. The van der Waals surface area contributed by atoms with Crippen LogP contribution in [-0.4, -0.2) is 34.9 Å². The van der Waals surface area contributed by atoms with Crippen molar-refractivity contribution in [2.45, 2.75) is 37.8 Å². The lowest BCUT2D eigenvalue weighted by Crippen LogP contribution is -2.40. The fourth-order valence-electron chi connectivity index (χ4n) is 5.02. The van der Waals surface area contributed by atoms with Crippen molar-refractivity contribution in [1.29, 1.82) is 5.26 Å². The van der Waals surface area contributed by atoms with E-state index in [1.54, 1.807) is 24.4 Å². The summed E-state index contributed by atoms with van der Waals surface area (Å²) in [5.41, 5.74) is 1.52. The van der Waals surface area contributed by atoms with Crippen molar-refractivity contribution in [1.82, 2.24) is 9.55 Å². The number of amides is 1. The zero-order valence-corrected chi connectivity index (χ0v) is 17.8. The minimum Gasteiger partial charge on any atom is -0.497 e. The molecular formula is C24H23FN4O3. The molecule has 7 nitrogen and oxygen atoms in total. The first-order valence-corrected chi connectivity index (χ1v) is 10.7. The maximum absolute atomic E-state index is 13.9.